The van der Waals surface area contributed by atoms with Crippen molar-refractivity contribution in [2.24, 2.45) is 0 Å². The summed E-state index contributed by atoms with van der Waals surface area (Å²) in [5, 5.41) is 8.65. The number of nitrogens with one attached hydrogen (secondary N) is 1. The summed E-state index contributed by atoms with van der Waals surface area (Å²) in [7, 11) is 3.41. The van der Waals surface area contributed by atoms with E-state index in [4.69, 9.17) is 29.7 Å². The van der Waals surface area contributed by atoms with Gasteiger partial charge in [-0.25, -0.2) is 23.4 Å². The summed E-state index contributed by atoms with van der Waals surface area (Å²) in [4.78, 5) is 61.4. The lowest BCUT2D eigenvalue weighted by atomic mass is 9.75. The standard InChI is InChI=1S/C42H43F2N13O3/c1-22-47-31-12-13-45-35-30-6-5-7-34(49-30)48-24-15-33(39(58)52(3)20-27(60-4)21-53(22)36(31)35)55(18-24)37-28-17-46-57(32-11-8-23(43)14-29(32)44)38(28)51-41(50-37)56-26-16-42(56,2)40(59)54(19-26)25-9-10-25/h5-8,11-14,17,24-27,33H,9-10,15-16,18-21H2,1-4H3,(H,48,49)/t24-,26?,27-,33-,42?/m0/s1. The van der Waals surface area contributed by atoms with Gasteiger partial charge in [0, 0.05) is 64.6 Å². The van der Waals surface area contributed by atoms with Crippen LogP contribution in [0.4, 0.5) is 26.4 Å². The van der Waals surface area contributed by atoms with E-state index in [1.807, 2.05) is 52.8 Å². The highest BCUT2D eigenvalue weighted by atomic mass is 19.1. The molecular weight excluding hydrogens is 773 g/mol. The highest BCUT2D eigenvalue weighted by Crippen LogP contribution is 2.48. The quantitative estimate of drug-likeness (QED) is 0.267. The molecular formula is C42H43F2N13O3. The molecule has 1 saturated carbocycles. The second-order valence-electron chi connectivity index (χ2n) is 17.0. The second kappa shape index (κ2) is 13.4. The fourth-order valence-electron chi connectivity index (χ4n) is 9.95. The normalized spacial score (nSPS) is 25.4. The van der Waals surface area contributed by atoms with Crippen LogP contribution in [-0.4, -0.2) is 130 Å². The number of hydrogen-bond acceptors (Lipinski definition) is 12. The first kappa shape index (κ1) is 36.8. The van der Waals surface area contributed by atoms with Gasteiger partial charge >= 0.3 is 0 Å². The van der Waals surface area contributed by atoms with Crippen molar-refractivity contribution in [2.45, 2.75) is 81.9 Å². The van der Waals surface area contributed by atoms with Gasteiger partial charge in [0.1, 0.15) is 46.2 Å². The highest BCUT2D eigenvalue weighted by molar-refractivity contribution is 5.97. The number of amides is 2. The molecule has 5 aromatic heterocycles. The Balaban J connectivity index is 1.04. The Morgan fingerprint density at radius 3 is 2.60 bits per heavy atom. The number of pyridine rings is 2. The van der Waals surface area contributed by atoms with Crippen molar-refractivity contribution in [1.82, 2.24) is 49.1 Å². The molecule has 60 heavy (non-hydrogen) atoms. The summed E-state index contributed by atoms with van der Waals surface area (Å²) in [5.41, 5.74) is 2.37. The van der Waals surface area contributed by atoms with E-state index >= 15 is 4.39 Å². The first-order valence-corrected chi connectivity index (χ1v) is 20.4. The van der Waals surface area contributed by atoms with Crippen LogP contribution >= 0.6 is 0 Å². The second-order valence-corrected chi connectivity index (χ2v) is 17.0. The minimum atomic E-state index is -0.879. The molecule has 0 radical (unpaired) electrons. The molecule has 10 heterocycles. The zero-order valence-electron chi connectivity index (χ0n) is 33.6. The van der Waals surface area contributed by atoms with E-state index in [1.54, 1.807) is 31.5 Å². The minimum absolute atomic E-state index is 0.000738. The number of likely N-dealkylation sites (N-methyl/N-ethyl adjacent to an activating group) is 1. The highest BCUT2D eigenvalue weighted by Gasteiger charge is 2.62. The van der Waals surface area contributed by atoms with E-state index in [9.17, 15) is 14.0 Å². The van der Waals surface area contributed by atoms with Gasteiger partial charge in [-0.05, 0) is 63.4 Å². The molecule has 6 aliphatic rings. The Morgan fingerprint density at radius 1 is 0.950 bits per heavy atom. The van der Waals surface area contributed by atoms with E-state index < -0.39 is 29.3 Å². The number of rotatable bonds is 5. The smallest absolute Gasteiger partial charge is 0.248 e. The van der Waals surface area contributed by atoms with Gasteiger partial charge in [0.15, 0.2) is 11.5 Å². The van der Waals surface area contributed by atoms with Crippen molar-refractivity contribution >= 4 is 51.5 Å². The lowest BCUT2D eigenvalue weighted by Gasteiger charge is -2.62. The summed E-state index contributed by atoms with van der Waals surface area (Å²) in [6.07, 6.45) is 5.93. The maximum absolute atomic E-state index is 15.5. The number of ether oxygens (including phenoxy) is 1. The van der Waals surface area contributed by atoms with Crippen LogP contribution in [0.25, 0.3) is 39.1 Å². The van der Waals surface area contributed by atoms with Crippen molar-refractivity contribution in [3.63, 3.8) is 0 Å². The largest absolute Gasteiger partial charge is 0.378 e. The number of imidazole rings is 1. The lowest BCUT2D eigenvalue weighted by Crippen LogP contribution is -2.79. The summed E-state index contributed by atoms with van der Waals surface area (Å²) < 4.78 is 39.1. The van der Waals surface area contributed by atoms with Crippen molar-refractivity contribution in [2.75, 3.05) is 48.9 Å². The van der Waals surface area contributed by atoms with Crippen molar-refractivity contribution in [3.8, 4) is 17.1 Å². The third-order valence-corrected chi connectivity index (χ3v) is 13.0. The van der Waals surface area contributed by atoms with Gasteiger partial charge in [0.2, 0.25) is 17.8 Å². The van der Waals surface area contributed by atoms with Crippen LogP contribution in [0.2, 0.25) is 0 Å². The van der Waals surface area contributed by atoms with Gasteiger partial charge in [0.25, 0.3) is 0 Å². The predicted octanol–water partition coefficient (Wildman–Crippen LogP) is 4.10. The number of aryl methyl sites for hydroxylation is 1. The molecule has 6 bridgehead atoms. The molecule has 5 atom stereocenters. The Kier molecular flexibility index (Phi) is 8.18. The fraction of sp³-hybridized carbons (Fsp3) is 0.429. The number of aromatic nitrogens is 8. The van der Waals surface area contributed by atoms with Gasteiger partial charge in [-0.1, -0.05) is 6.07 Å². The molecule has 4 saturated heterocycles. The van der Waals surface area contributed by atoms with Crippen molar-refractivity contribution in [3.05, 3.63) is 72.3 Å². The van der Waals surface area contributed by atoms with Gasteiger partial charge in [0.05, 0.1) is 47.0 Å². The molecule has 1 aliphatic carbocycles. The maximum Gasteiger partial charge on any atom is 0.248 e. The summed E-state index contributed by atoms with van der Waals surface area (Å²) in [6.45, 7) is 5.44. The van der Waals surface area contributed by atoms with Crippen LogP contribution in [0, 0.1) is 18.6 Å². The molecule has 18 heteroatoms. The Hall–Kier alpha value is -6.30. The molecule has 5 fully saturated rings. The van der Waals surface area contributed by atoms with E-state index in [0.717, 1.165) is 35.8 Å². The number of benzene rings is 1. The molecule has 2 amide bonds. The first-order valence-electron chi connectivity index (χ1n) is 20.4. The molecule has 16 nitrogen and oxygen atoms in total. The van der Waals surface area contributed by atoms with Crippen LogP contribution in [-0.2, 0) is 20.9 Å². The number of anilines is 3. The number of fused-ring (bicyclic) bond motifs is 8. The molecule has 6 aromatic rings. The van der Waals surface area contributed by atoms with Crippen molar-refractivity contribution in [1.29, 1.82) is 0 Å². The number of piperazine rings is 1. The molecule has 1 N–H and O–H groups in total. The lowest BCUT2D eigenvalue weighted by molar-refractivity contribution is -0.147. The van der Waals surface area contributed by atoms with Gasteiger partial charge in [-0.15, -0.1) is 0 Å². The molecule has 0 spiro atoms. The van der Waals surface area contributed by atoms with Gasteiger partial charge in [-0.2, -0.15) is 15.1 Å². The third-order valence-electron chi connectivity index (χ3n) is 13.0. The van der Waals surface area contributed by atoms with Gasteiger partial charge < -0.3 is 34.2 Å². The third kappa shape index (κ3) is 5.63. The summed E-state index contributed by atoms with van der Waals surface area (Å²) in [5.74, 6) is 0.441. The van der Waals surface area contributed by atoms with E-state index in [0.29, 0.717) is 60.9 Å². The summed E-state index contributed by atoms with van der Waals surface area (Å²) in [6, 6.07) is 10.2. The molecule has 2 unspecified atom stereocenters. The van der Waals surface area contributed by atoms with E-state index in [1.165, 1.54) is 16.8 Å². The Morgan fingerprint density at radius 2 is 1.80 bits per heavy atom. The number of piperidine rings is 1. The van der Waals surface area contributed by atoms with Crippen LogP contribution < -0.4 is 15.1 Å². The fourth-order valence-corrected chi connectivity index (χ4v) is 9.95. The molecule has 5 aliphatic heterocycles. The minimum Gasteiger partial charge on any atom is -0.378 e. The first-order chi connectivity index (χ1) is 29.0. The number of halogens is 2. The van der Waals surface area contributed by atoms with E-state index in [2.05, 4.69) is 15.0 Å². The maximum atomic E-state index is 15.5. The SMILES string of the molecule is CO[C@H]1CN(C)C(=O)[C@@H]2C[C@@H](CN2c2nc(N3C4CN(C5CC5)C(=O)C3(C)C4)nc3c2cnn3-c2ccc(F)cc2F)Nc2cccc(n2)-c2nccc3nc(C)n(c23)C1. The zero-order chi connectivity index (χ0) is 41.2. The average Bonchev–Trinajstić information content (AvgIpc) is 3.73. The molecule has 12 rings (SSSR count). The molecule has 1 aromatic carbocycles. The zero-order valence-corrected chi connectivity index (χ0v) is 33.6. The monoisotopic (exact) mass is 815 g/mol. The predicted molar refractivity (Wildman–Crippen MR) is 218 cm³/mol. The van der Waals surface area contributed by atoms with Gasteiger partial charge in [-0.3, -0.25) is 14.6 Å². The number of nitrogens with zero attached hydrogens (tertiary/aromatic N) is 12. The van der Waals surface area contributed by atoms with Crippen LogP contribution in [0.3, 0.4) is 0 Å². The van der Waals surface area contributed by atoms with Crippen LogP contribution in [0.1, 0.15) is 38.4 Å². The number of hydrogen-bond donors (Lipinski definition) is 1. The number of methoxy groups -OCH3 is 1. The van der Waals surface area contributed by atoms with E-state index in [-0.39, 0.29) is 53.8 Å². The Labute approximate surface area is 343 Å². The van der Waals surface area contributed by atoms with Crippen LogP contribution in [0.15, 0.2) is 54.9 Å². The van der Waals surface area contributed by atoms with Crippen LogP contribution in [0.5, 0.6) is 0 Å². The average molecular weight is 816 g/mol. The van der Waals surface area contributed by atoms with Crippen molar-refractivity contribution < 1.29 is 23.1 Å². The Bertz CT molecular complexity index is 2750. The molecule has 308 valence electrons. The number of carbonyl (C=O) groups is 2. The number of carbonyl (C=O) groups excluding carboxylic acids is 2. The topological polar surface area (TPSA) is 156 Å². The summed E-state index contributed by atoms with van der Waals surface area (Å²) >= 11 is 0.